The second-order valence-electron chi connectivity index (χ2n) is 4.52. The summed E-state index contributed by atoms with van der Waals surface area (Å²) >= 11 is 0. The van der Waals surface area contributed by atoms with E-state index in [1.807, 2.05) is 0 Å². The summed E-state index contributed by atoms with van der Waals surface area (Å²) in [5, 5.41) is 13.7. The maximum atomic E-state index is 10.4. The fourth-order valence-electron chi connectivity index (χ4n) is 2.79. The number of nitrogens with one attached hydrogen (secondary N) is 1. The van der Waals surface area contributed by atoms with E-state index in [2.05, 4.69) is 17.3 Å². The van der Waals surface area contributed by atoms with Crippen LogP contribution < -0.4 is 5.32 Å². The van der Waals surface area contributed by atoms with Crippen LogP contribution in [0.3, 0.4) is 0 Å². The molecule has 3 heteroatoms. The molecule has 0 radical (unpaired) electrons. The Hall–Kier alpha value is -0.120. The molecule has 76 valence electrons. The Balaban J connectivity index is 2.03. The van der Waals surface area contributed by atoms with Crippen LogP contribution in [0.15, 0.2) is 0 Å². The highest BCUT2D eigenvalue weighted by molar-refractivity contribution is 4.98. The highest BCUT2D eigenvalue weighted by atomic mass is 16.3. The number of nitrogens with zero attached hydrogens (tertiary/aromatic N) is 1. The maximum Gasteiger partial charge on any atom is 0.0926 e. The zero-order chi connectivity index (χ0) is 9.31. The smallest absolute Gasteiger partial charge is 0.0926 e. The van der Waals surface area contributed by atoms with Gasteiger partial charge in [-0.05, 0) is 45.8 Å². The number of hydrogen-bond acceptors (Lipinski definition) is 3. The molecule has 2 unspecified atom stereocenters. The highest BCUT2D eigenvalue weighted by Gasteiger charge is 2.41. The largest absolute Gasteiger partial charge is 0.387 e. The van der Waals surface area contributed by atoms with Gasteiger partial charge in [0.25, 0.3) is 0 Å². The van der Waals surface area contributed by atoms with Gasteiger partial charge in [-0.3, -0.25) is 0 Å². The Morgan fingerprint density at radius 3 is 2.85 bits per heavy atom. The van der Waals surface area contributed by atoms with Crippen molar-refractivity contribution in [3.05, 3.63) is 0 Å². The second-order valence-corrected chi connectivity index (χ2v) is 4.52. The molecule has 2 aliphatic rings. The monoisotopic (exact) mass is 184 g/mol. The van der Waals surface area contributed by atoms with Crippen molar-refractivity contribution < 1.29 is 5.11 Å². The number of rotatable bonds is 1. The molecule has 0 amide bonds. The molecular formula is C10H20N2O. The molecule has 2 rings (SSSR count). The van der Waals surface area contributed by atoms with Crippen LogP contribution in [-0.2, 0) is 0 Å². The molecule has 2 N–H and O–H groups in total. The predicted molar refractivity (Wildman–Crippen MR) is 52.7 cm³/mol. The summed E-state index contributed by atoms with van der Waals surface area (Å²) in [6, 6.07) is 0.389. The number of likely N-dealkylation sites (N-methyl/N-ethyl adjacent to an activating group) is 1. The predicted octanol–water partition coefficient (Wildman–Crippen LogP) is 0.195. The fourth-order valence-corrected chi connectivity index (χ4v) is 2.79. The molecule has 0 saturated carbocycles. The van der Waals surface area contributed by atoms with Gasteiger partial charge in [0.2, 0.25) is 0 Å². The first-order chi connectivity index (χ1) is 6.22. The topological polar surface area (TPSA) is 35.5 Å². The normalized spacial score (nSPS) is 42.5. The van der Waals surface area contributed by atoms with Crippen molar-refractivity contribution in [2.75, 3.05) is 26.7 Å². The summed E-state index contributed by atoms with van der Waals surface area (Å²) in [6.45, 7) is 2.99. The fraction of sp³-hybridized carbons (Fsp3) is 1.00. The molecule has 13 heavy (non-hydrogen) atoms. The van der Waals surface area contributed by atoms with Gasteiger partial charge < -0.3 is 15.3 Å². The Morgan fingerprint density at radius 2 is 2.31 bits per heavy atom. The van der Waals surface area contributed by atoms with Crippen LogP contribution in [0.2, 0.25) is 0 Å². The first kappa shape index (κ1) is 9.44. The van der Waals surface area contributed by atoms with Crippen LogP contribution in [-0.4, -0.2) is 48.3 Å². The van der Waals surface area contributed by atoms with Crippen molar-refractivity contribution in [1.29, 1.82) is 0 Å². The second kappa shape index (κ2) is 3.56. The van der Waals surface area contributed by atoms with Gasteiger partial charge in [-0.15, -0.1) is 0 Å². The van der Waals surface area contributed by atoms with Crippen LogP contribution in [0.1, 0.15) is 25.7 Å². The van der Waals surface area contributed by atoms with E-state index in [1.54, 1.807) is 0 Å². The van der Waals surface area contributed by atoms with Gasteiger partial charge in [-0.2, -0.15) is 0 Å². The van der Waals surface area contributed by atoms with Crippen molar-refractivity contribution >= 4 is 0 Å². The average Bonchev–Trinajstić information content (AvgIpc) is 2.53. The number of likely N-dealkylation sites (tertiary alicyclic amines) is 1. The Kier molecular flexibility index (Phi) is 2.58. The Labute approximate surface area is 80.1 Å². The third-order valence-corrected chi connectivity index (χ3v) is 3.54. The SMILES string of the molecule is CN1CCCC1C1(O)CCCNC1. The van der Waals surface area contributed by atoms with Crippen molar-refractivity contribution in [3.63, 3.8) is 0 Å². The summed E-state index contributed by atoms with van der Waals surface area (Å²) in [6.07, 6.45) is 4.48. The van der Waals surface area contributed by atoms with E-state index in [9.17, 15) is 5.11 Å². The van der Waals surface area contributed by atoms with Gasteiger partial charge in [-0.1, -0.05) is 0 Å². The van der Waals surface area contributed by atoms with Crippen LogP contribution in [0.4, 0.5) is 0 Å². The summed E-state index contributed by atoms with van der Waals surface area (Å²) in [5.41, 5.74) is -0.455. The molecule has 0 aromatic carbocycles. The summed E-state index contributed by atoms with van der Waals surface area (Å²) < 4.78 is 0. The third-order valence-electron chi connectivity index (χ3n) is 3.54. The lowest BCUT2D eigenvalue weighted by Gasteiger charge is -2.40. The lowest BCUT2D eigenvalue weighted by Crippen LogP contribution is -2.57. The number of hydrogen-bond donors (Lipinski definition) is 2. The van der Waals surface area contributed by atoms with Crippen LogP contribution in [0, 0.1) is 0 Å². The van der Waals surface area contributed by atoms with E-state index < -0.39 is 5.60 Å². The minimum absolute atomic E-state index is 0.389. The molecule has 0 spiro atoms. The van der Waals surface area contributed by atoms with Crippen molar-refractivity contribution in [2.24, 2.45) is 0 Å². The van der Waals surface area contributed by atoms with E-state index in [-0.39, 0.29) is 0 Å². The average molecular weight is 184 g/mol. The lowest BCUT2D eigenvalue weighted by atomic mass is 9.85. The zero-order valence-corrected chi connectivity index (χ0v) is 8.42. The van der Waals surface area contributed by atoms with Gasteiger partial charge in [0.1, 0.15) is 0 Å². The summed E-state index contributed by atoms with van der Waals surface area (Å²) in [4.78, 5) is 2.31. The molecule has 2 saturated heterocycles. The molecule has 0 aliphatic carbocycles. The molecular weight excluding hydrogens is 164 g/mol. The molecule has 2 atom stereocenters. The van der Waals surface area contributed by atoms with Gasteiger partial charge in [0.15, 0.2) is 0 Å². The van der Waals surface area contributed by atoms with E-state index >= 15 is 0 Å². The Morgan fingerprint density at radius 1 is 1.46 bits per heavy atom. The minimum Gasteiger partial charge on any atom is -0.387 e. The molecule has 0 bridgehead atoms. The molecule has 0 aromatic heterocycles. The van der Waals surface area contributed by atoms with E-state index in [0.29, 0.717) is 6.04 Å². The first-order valence-corrected chi connectivity index (χ1v) is 5.36. The number of aliphatic hydroxyl groups is 1. The lowest BCUT2D eigenvalue weighted by molar-refractivity contribution is -0.0435. The van der Waals surface area contributed by atoms with Crippen LogP contribution in [0.25, 0.3) is 0 Å². The number of β-amino-alcohol motifs (C(OH)–C–C–N with tert-alkyl or cyclic N) is 1. The maximum absolute atomic E-state index is 10.4. The summed E-state index contributed by atoms with van der Waals surface area (Å²) in [5.74, 6) is 0. The molecule has 3 nitrogen and oxygen atoms in total. The van der Waals surface area contributed by atoms with Gasteiger partial charge in [-0.25, -0.2) is 0 Å². The highest BCUT2D eigenvalue weighted by Crippen LogP contribution is 2.30. The van der Waals surface area contributed by atoms with E-state index in [4.69, 9.17) is 0 Å². The quantitative estimate of drug-likeness (QED) is 0.611. The van der Waals surface area contributed by atoms with Gasteiger partial charge in [0, 0.05) is 12.6 Å². The standard InChI is InChI=1S/C10H20N2O/c1-12-7-2-4-9(12)10(13)5-3-6-11-8-10/h9,11,13H,2-8H2,1H3. The molecule has 0 aromatic rings. The van der Waals surface area contributed by atoms with Crippen molar-refractivity contribution in [3.8, 4) is 0 Å². The number of piperidine rings is 1. The minimum atomic E-state index is -0.455. The molecule has 2 fully saturated rings. The summed E-state index contributed by atoms with van der Waals surface area (Å²) in [7, 11) is 2.13. The van der Waals surface area contributed by atoms with Crippen molar-refractivity contribution in [1.82, 2.24) is 10.2 Å². The zero-order valence-electron chi connectivity index (χ0n) is 8.42. The van der Waals surface area contributed by atoms with Crippen LogP contribution in [0.5, 0.6) is 0 Å². The molecule has 2 heterocycles. The Bertz CT molecular complexity index is 178. The van der Waals surface area contributed by atoms with E-state index in [1.165, 1.54) is 6.42 Å². The van der Waals surface area contributed by atoms with Crippen molar-refractivity contribution in [2.45, 2.75) is 37.3 Å². The van der Waals surface area contributed by atoms with Gasteiger partial charge >= 0.3 is 0 Å². The van der Waals surface area contributed by atoms with Crippen LogP contribution >= 0.6 is 0 Å². The van der Waals surface area contributed by atoms with Gasteiger partial charge in [0.05, 0.1) is 5.60 Å². The molecule has 2 aliphatic heterocycles. The van der Waals surface area contributed by atoms with E-state index in [0.717, 1.165) is 38.9 Å². The third kappa shape index (κ3) is 1.73. The first-order valence-electron chi connectivity index (χ1n) is 5.36.